The summed E-state index contributed by atoms with van der Waals surface area (Å²) < 4.78 is 1.73. The highest BCUT2D eigenvalue weighted by Gasteiger charge is 2.03. The summed E-state index contributed by atoms with van der Waals surface area (Å²) in [7, 11) is 0. The second-order valence-corrected chi connectivity index (χ2v) is 4.46. The second-order valence-electron chi connectivity index (χ2n) is 4.46. The van der Waals surface area contributed by atoms with Crippen molar-refractivity contribution >= 4 is 17.8 Å². The maximum Gasteiger partial charge on any atom is 0.249 e. The first-order valence-electron chi connectivity index (χ1n) is 6.66. The number of imidazole rings is 1. The zero-order chi connectivity index (χ0) is 15.2. The van der Waals surface area contributed by atoms with Gasteiger partial charge in [0.2, 0.25) is 5.91 Å². The number of hydrogen-bond acceptors (Lipinski definition) is 4. The molecule has 0 aliphatic heterocycles. The van der Waals surface area contributed by atoms with Gasteiger partial charge in [-0.25, -0.2) is 15.0 Å². The largest absolute Gasteiger partial charge is 0.307 e. The van der Waals surface area contributed by atoms with Crippen LogP contribution in [0.1, 0.15) is 5.56 Å². The van der Waals surface area contributed by atoms with Crippen molar-refractivity contribution in [1.82, 2.24) is 19.5 Å². The molecule has 2 heterocycles. The monoisotopic (exact) mass is 291 g/mol. The molecule has 0 radical (unpaired) electrons. The SMILES string of the molecule is O=C(/C=C/c1ccccc1)Nc1cc(-n2ccnc2)ncn1. The van der Waals surface area contributed by atoms with Crippen molar-refractivity contribution in [3.05, 3.63) is 73.1 Å². The third-order valence-corrected chi connectivity index (χ3v) is 2.90. The number of nitrogens with zero attached hydrogens (tertiary/aromatic N) is 4. The molecule has 108 valence electrons. The van der Waals surface area contributed by atoms with Crippen molar-refractivity contribution in [2.75, 3.05) is 5.32 Å². The van der Waals surface area contributed by atoms with E-state index < -0.39 is 0 Å². The maximum atomic E-state index is 11.9. The van der Waals surface area contributed by atoms with E-state index in [0.717, 1.165) is 5.56 Å². The van der Waals surface area contributed by atoms with Crippen LogP contribution < -0.4 is 5.32 Å². The van der Waals surface area contributed by atoms with Crippen LogP contribution in [0.4, 0.5) is 5.82 Å². The number of carbonyl (C=O) groups excluding carboxylic acids is 1. The van der Waals surface area contributed by atoms with Crippen LogP contribution in [0, 0.1) is 0 Å². The lowest BCUT2D eigenvalue weighted by atomic mass is 10.2. The van der Waals surface area contributed by atoms with E-state index in [0.29, 0.717) is 11.6 Å². The molecule has 1 aromatic carbocycles. The normalized spacial score (nSPS) is 10.7. The van der Waals surface area contributed by atoms with E-state index in [9.17, 15) is 4.79 Å². The Hall–Kier alpha value is -3.28. The molecule has 1 N–H and O–H groups in total. The molecule has 3 rings (SSSR count). The number of rotatable bonds is 4. The molecule has 3 aromatic rings. The van der Waals surface area contributed by atoms with Gasteiger partial charge in [0.1, 0.15) is 24.3 Å². The third-order valence-electron chi connectivity index (χ3n) is 2.90. The Bertz CT molecular complexity index is 781. The number of hydrogen-bond donors (Lipinski definition) is 1. The Kier molecular flexibility index (Phi) is 4.01. The van der Waals surface area contributed by atoms with Gasteiger partial charge in [-0.1, -0.05) is 30.3 Å². The molecule has 6 heteroatoms. The molecule has 0 atom stereocenters. The van der Waals surface area contributed by atoms with Gasteiger partial charge in [-0.2, -0.15) is 0 Å². The first kappa shape index (κ1) is 13.7. The second kappa shape index (κ2) is 6.45. The van der Waals surface area contributed by atoms with E-state index >= 15 is 0 Å². The van der Waals surface area contributed by atoms with Gasteiger partial charge in [0, 0.05) is 24.5 Å². The van der Waals surface area contributed by atoms with Gasteiger partial charge in [0.05, 0.1) is 0 Å². The lowest BCUT2D eigenvalue weighted by Gasteiger charge is -2.04. The Labute approximate surface area is 127 Å². The van der Waals surface area contributed by atoms with Crippen LogP contribution in [0.15, 0.2) is 67.5 Å². The van der Waals surface area contributed by atoms with E-state index in [4.69, 9.17) is 0 Å². The summed E-state index contributed by atoms with van der Waals surface area (Å²) in [5, 5.41) is 2.70. The predicted octanol–water partition coefficient (Wildman–Crippen LogP) is 2.31. The van der Waals surface area contributed by atoms with Gasteiger partial charge in [0.15, 0.2) is 0 Å². The van der Waals surface area contributed by atoms with Gasteiger partial charge in [-0.15, -0.1) is 0 Å². The maximum absolute atomic E-state index is 11.9. The van der Waals surface area contributed by atoms with Crippen molar-refractivity contribution in [3.63, 3.8) is 0 Å². The van der Waals surface area contributed by atoms with Crippen molar-refractivity contribution in [2.24, 2.45) is 0 Å². The molecule has 0 saturated carbocycles. The van der Waals surface area contributed by atoms with Crippen molar-refractivity contribution in [2.45, 2.75) is 0 Å². The van der Waals surface area contributed by atoms with Gasteiger partial charge in [0.25, 0.3) is 0 Å². The molecular formula is C16H13N5O. The lowest BCUT2D eigenvalue weighted by molar-refractivity contribution is -0.111. The van der Waals surface area contributed by atoms with Gasteiger partial charge in [-0.05, 0) is 11.6 Å². The Morgan fingerprint density at radius 2 is 2.05 bits per heavy atom. The first-order valence-corrected chi connectivity index (χ1v) is 6.66. The molecular weight excluding hydrogens is 278 g/mol. The Morgan fingerprint density at radius 3 is 2.82 bits per heavy atom. The zero-order valence-electron chi connectivity index (χ0n) is 11.6. The van der Waals surface area contributed by atoms with Gasteiger partial charge >= 0.3 is 0 Å². The molecule has 0 unspecified atom stereocenters. The van der Waals surface area contributed by atoms with Crippen LogP contribution in [-0.2, 0) is 4.79 Å². The quantitative estimate of drug-likeness (QED) is 0.749. The number of benzene rings is 1. The van der Waals surface area contributed by atoms with Crippen LogP contribution in [0.2, 0.25) is 0 Å². The average molecular weight is 291 g/mol. The number of amides is 1. The van der Waals surface area contributed by atoms with Crippen molar-refractivity contribution in [1.29, 1.82) is 0 Å². The van der Waals surface area contributed by atoms with Crippen molar-refractivity contribution < 1.29 is 4.79 Å². The fourth-order valence-corrected chi connectivity index (χ4v) is 1.86. The fraction of sp³-hybridized carbons (Fsp3) is 0. The molecule has 6 nitrogen and oxygen atoms in total. The summed E-state index contributed by atoms with van der Waals surface area (Å²) in [6, 6.07) is 11.3. The van der Waals surface area contributed by atoms with E-state index in [1.54, 1.807) is 35.4 Å². The van der Waals surface area contributed by atoms with E-state index in [-0.39, 0.29) is 5.91 Å². The zero-order valence-corrected chi connectivity index (χ0v) is 11.6. The molecule has 2 aromatic heterocycles. The van der Waals surface area contributed by atoms with Crippen LogP contribution in [0.25, 0.3) is 11.9 Å². The summed E-state index contributed by atoms with van der Waals surface area (Å²) in [5.74, 6) is 0.815. The first-order chi connectivity index (χ1) is 10.8. The molecule has 1 amide bonds. The van der Waals surface area contributed by atoms with Crippen LogP contribution in [0.5, 0.6) is 0 Å². The highest BCUT2D eigenvalue weighted by atomic mass is 16.1. The number of carbonyl (C=O) groups is 1. The summed E-state index contributed by atoms with van der Waals surface area (Å²) in [6.07, 6.45) is 9.66. The van der Waals surface area contributed by atoms with Gasteiger partial charge < -0.3 is 5.32 Å². The molecule has 0 bridgehead atoms. The van der Waals surface area contributed by atoms with E-state index in [2.05, 4.69) is 20.3 Å². The minimum atomic E-state index is -0.251. The van der Waals surface area contributed by atoms with E-state index in [1.165, 1.54) is 12.4 Å². The molecule has 0 saturated heterocycles. The molecule has 0 fully saturated rings. The smallest absolute Gasteiger partial charge is 0.249 e. The molecule has 22 heavy (non-hydrogen) atoms. The molecule has 0 aliphatic rings. The highest BCUT2D eigenvalue weighted by Crippen LogP contribution is 2.09. The number of anilines is 1. The predicted molar refractivity (Wildman–Crippen MR) is 83.3 cm³/mol. The minimum Gasteiger partial charge on any atom is -0.307 e. The highest BCUT2D eigenvalue weighted by molar-refractivity contribution is 6.01. The summed E-state index contributed by atoms with van der Waals surface area (Å²) >= 11 is 0. The molecule has 0 aliphatic carbocycles. The summed E-state index contributed by atoms with van der Waals surface area (Å²) in [6.45, 7) is 0. The Morgan fingerprint density at radius 1 is 1.18 bits per heavy atom. The van der Waals surface area contributed by atoms with Crippen LogP contribution in [0.3, 0.4) is 0 Å². The fourth-order valence-electron chi connectivity index (χ4n) is 1.86. The molecule has 0 spiro atoms. The van der Waals surface area contributed by atoms with Gasteiger partial charge in [-0.3, -0.25) is 9.36 Å². The summed E-state index contributed by atoms with van der Waals surface area (Å²) in [5.41, 5.74) is 0.958. The Balaban J connectivity index is 1.69. The standard InChI is InChI=1S/C16H13N5O/c22-16(7-6-13-4-2-1-3-5-13)20-14-10-15(19-11-18-14)21-9-8-17-12-21/h1-12H,(H,18,19,20,22)/b7-6+. The average Bonchev–Trinajstić information content (AvgIpc) is 3.09. The van der Waals surface area contributed by atoms with Crippen LogP contribution in [-0.4, -0.2) is 25.4 Å². The number of nitrogens with one attached hydrogen (secondary N) is 1. The van der Waals surface area contributed by atoms with E-state index in [1.807, 2.05) is 30.3 Å². The topological polar surface area (TPSA) is 72.7 Å². The lowest BCUT2D eigenvalue weighted by Crippen LogP contribution is -2.10. The number of aromatic nitrogens is 4. The van der Waals surface area contributed by atoms with Crippen molar-refractivity contribution in [3.8, 4) is 5.82 Å². The third kappa shape index (κ3) is 3.43. The van der Waals surface area contributed by atoms with Crippen LogP contribution >= 0.6 is 0 Å². The summed E-state index contributed by atoms with van der Waals surface area (Å²) in [4.78, 5) is 24.0. The minimum absolute atomic E-state index is 0.251.